The monoisotopic (exact) mass is 412 g/mol. The zero-order valence-corrected chi connectivity index (χ0v) is 17.2. The lowest BCUT2D eigenvalue weighted by Gasteiger charge is -2.23. The molecule has 0 saturated heterocycles. The van der Waals surface area contributed by atoms with Gasteiger partial charge in [0.1, 0.15) is 11.5 Å². The number of carbonyl (C=O) groups excluding carboxylic acids is 1. The molecular formula is C23H28N2O5. The number of fused-ring (bicyclic) bond motifs is 1. The molecule has 7 heteroatoms. The Kier molecular flexibility index (Phi) is 7.68. The number of carbonyl (C=O) groups is 2. The quantitative estimate of drug-likeness (QED) is 0.803. The molecule has 7 nitrogen and oxygen atoms in total. The minimum Gasteiger partial charge on any atom is -0.497 e. The largest absolute Gasteiger partial charge is 0.497 e. The molecule has 0 fully saturated rings. The predicted octanol–water partition coefficient (Wildman–Crippen LogP) is 3.07. The molecule has 3 rings (SSSR count). The van der Waals surface area contributed by atoms with Crippen molar-refractivity contribution >= 4 is 11.9 Å². The van der Waals surface area contributed by atoms with E-state index in [2.05, 4.69) is 5.32 Å². The number of benzene rings is 2. The fourth-order valence-electron chi connectivity index (χ4n) is 3.46. The molecule has 0 spiro atoms. The fraction of sp³-hybridized carbons (Fsp3) is 0.391. The molecule has 2 N–H and O–H groups in total. The first-order valence-corrected chi connectivity index (χ1v) is 10.2. The van der Waals surface area contributed by atoms with E-state index in [1.807, 2.05) is 29.2 Å². The summed E-state index contributed by atoms with van der Waals surface area (Å²) >= 11 is 0. The molecule has 30 heavy (non-hydrogen) atoms. The van der Waals surface area contributed by atoms with Gasteiger partial charge in [0.05, 0.1) is 25.8 Å². The van der Waals surface area contributed by atoms with Crippen molar-refractivity contribution in [1.29, 1.82) is 0 Å². The highest BCUT2D eigenvalue weighted by Gasteiger charge is 2.17. The van der Waals surface area contributed by atoms with Crippen molar-refractivity contribution in [3.05, 3.63) is 59.2 Å². The summed E-state index contributed by atoms with van der Waals surface area (Å²) in [5, 5.41) is 12.3. The SMILES string of the molecule is COc1cccc(CN2CC(=O)NCCCCCOc3cc(C(=O)O)ccc3C2)c1. The molecule has 1 aliphatic rings. The minimum atomic E-state index is -0.989. The second kappa shape index (κ2) is 10.6. The number of methoxy groups -OCH3 is 1. The molecule has 0 aromatic heterocycles. The van der Waals surface area contributed by atoms with Crippen LogP contribution in [0.1, 0.15) is 40.7 Å². The van der Waals surface area contributed by atoms with E-state index < -0.39 is 5.97 Å². The maximum Gasteiger partial charge on any atom is 0.335 e. The van der Waals surface area contributed by atoms with Crippen molar-refractivity contribution in [2.24, 2.45) is 0 Å². The van der Waals surface area contributed by atoms with Crippen LogP contribution in [0.25, 0.3) is 0 Å². The van der Waals surface area contributed by atoms with E-state index >= 15 is 0 Å². The van der Waals surface area contributed by atoms with Gasteiger partial charge in [0.25, 0.3) is 0 Å². The lowest BCUT2D eigenvalue weighted by molar-refractivity contribution is -0.122. The minimum absolute atomic E-state index is 0.0261. The van der Waals surface area contributed by atoms with Crippen molar-refractivity contribution < 1.29 is 24.2 Å². The number of carboxylic acid groups (broad SMARTS) is 1. The van der Waals surface area contributed by atoms with Gasteiger partial charge in [0.2, 0.25) is 5.91 Å². The summed E-state index contributed by atoms with van der Waals surface area (Å²) in [7, 11) is 1.62. The first kappa shape index (κ1) is 21.6. The van der Waals surface area contributed by atoms with Gasteiger partial charge in [-0.3, -0.25) is 9.69 Å². The summed E-state index contributed by atoms with van der Waals surface area (Å²) in [6.45, 7) is 2.39. The zero-order valence-electron chi connectivity index (χ0n) is 17.2. The van der Waals surface area contributed by atoms with Crippen LogP contribution >= 0.6 is 0 Å². The van der Waals surface area contributed by atoms with Crippen molar-refractivity contribution in [1.82, 2.24) is 10.2 Å². The molecule has 0 unspecified atom stereocenters. The standard InChI is InChI=1S/C23H28N2O5/c1-29-20-7-5-6-17(12-20)14-25-15-19-9-8-18(23(27)28)13-21(19)30-11-4-2-3-10-24-22(26)16-25/h5-9,12-13H,2-4,10-11,14-16H2,1H3,(H,24,26)(H,27,28). The van der Waals surface area contributed by atoms with Gasteiger partial charge in [-0.15, -0.1) is 0 Å². The molecule has 1 heterocycles. The number of ether oxygens (including phenoxy) is 2. The third-order valence-electron chi connectivity index (χ3n) is 5.02. The van der Waals surface area contributed by atoms with Gasteiger partial charge in [0.15, 0.2) is 0 Å². The average Bonchev–Trinajstić information content (AvgIpc) is 2.74. The molecule has 0 aliphatic carbocycles. The molecule has 2 aromatic rings. The van der Waals surface area contributed by atoms with Crippen LogP contribution in [0, 0.1) is 0 Å². The maximum absolute atomic E-state index is 12.5. The normalized spacial score (nSPS) is 16.1. The number of amides is 1. The summed E-state index contributed by atoms with van der Waals surface area (Å²) in [6.07, 6.45) is 2.66. The van der Waals surface area contributed by atoms with Crippen LogP contribution in [-0.2, 0) is 17.9 Å². The highest BCUT2D eigenvalue weighted by Crippen LogP contribution is 2.24. The number of nitrogens with one attached hydrogen (secondary N) is 1. The molecule has 160 valence electrons. The topological polar surface area (TPSA) is 88.1 Å². The lowest BCUT2D eigenvalue weighted by atomic mass is 10.1. The lowest BCUT2D eigenvalue weighted by Crippen LogP contribution is -2.37. The Labute approximate surface area is 176 Å². The van der Waals surface area contributed by atoms with Gasteiger partial charge < -0.3 is 19.9 Å². The van der Waals surface area contributed by atoms with Crippen LogP contribution in [0.5, 0.6) is 11.5 Å². The maximum atomic E-state index is 12.5. The number of carboxylic acids is 1. The summed E-state index contributed by atoms with van der Waals surface area (Å²) in [5.74, 6) is 0.307. The molecular weight excluding hydrogens is 384 g/mol. The summed E-state index contributed by atoms with van der Waals surface area (Å²) < 4.78 is 11.2. The molecule has 0 radical (unpaired) electrons. The van der Waals surface area contributed by atoms with E-state index in [1.54, 1.807) is 25.3 Å². The number of hydrogen-bond donors (Lipinski definition) is 2. The Morgan fingerprint density at radius 2 is 2.03 bits per heavy atom. The van der Waals surface area contributed by atoms with E-state index in [0.29, 0.717) is 32.0 Å². The van der Waals surface area contributed by atoms with Gasteiger partial charge >= 0.3 is 5.97 Å². The van der Waals surface area contributed by atoms with Crippen LogP contribution in [0.3, 0.4) is 0 Å². The number of nitrogens with zero attached hydrogens (tertiary/aromatic N) is 1. The Morgan fingerprint density at radius 3 is 2.83 bits per heavy atom. The smallest absolute Gasteiger partial charge is 0.335 e. The Morgan fingerprint density at radius 1 is 1.17 bits per heavy atom. The molecule has 0 bridgehead atoms. The van der Waals surface area contributed by atoms with Crippen molar-refractivity contribution in [3.63, 3.8) is 0 Å². The van der Waals surface area contributed by atoms with Crippen molar-refractivity contribution in [3.8, 4) is 11.5 Å². The van der Waals surface area contributed by atoms with E-state index in [0.717, 1.165) is 36.1 Å². The zero-order chi connectivity index (χ0) is 21.3. The Bertz CT molecular complexity index is 884. The predicted molar refractivity (Wildman–Crippen MR) is 113 cm³/mol. The van der Waals surface area contributed by atoms with E-state index in [4.69, 9.17) is 9.47 Å². The Balaban J connectivity index is 1.88. The summed E-state index contributed by atoms with van der Waals surface area (Å²) in [6, 6.07) is 12.7. The highest BCUT2D eigenvalue weighted by atomic mass is 16.5. The van der Waals surface area contributed by atoms with Gasteiger partial charge in [-0.05, 0) is 49.1 Å². The number of aromatic carboxylic acids is 1. The van der Waals surface area contributed by atoms with Crippen LogP contribution < -0.4 is 14.8 Å². The Hall–Kier alpha value is -3.06. The van der Waals surface area contributed by atoms with Gasteiger partial charge in [-0.1, -0.05) is 18.2 Å². The first-order valence-electron chi connectivity index (χ1n) is 10.2. The fourth-order valence-corrected chi connectivity index (χ4v) is 3.46. The van der Waals surface area contributed by atoms with Crippen molar-refractivity contribution in [2.45, 2.75) is 32.4 Å². The van der Waals surface area contributed by atoms with Gasteiger partial charge in [-0.25, -0.2) is 4.79 Å². The van der Waals surface area contributed by atoms with Crippen LogP contribution in [0.15, 0.2) is 42.5 Å². The molecule has 2 aromatic carbocycles. The third kappa shape index (κ3) is 6.22. The van der Waals surface area contributed by atoms with Crippen LogP contribution in [-0.4, -0.2) is 48.7 Å². The molecule has 0 saturated carbocycles. The van der Waals surface area contributed by atoms with E-state index in [-0.39, 0.29) is 18.0 Å². The first-order chi connectivity index (χ1) is 14.5. The highest BCUT2D eigenvalue weighted by molar-refractivity contribution is 5.88. The van der Waals surface area contributed by atoms with Crippen LogP contribution in [0.4, 0.5) is 0 Å². The van der Waals surface area contributed by atoms with E-state index in [9.17, 15) is 14.7 Å². The summed E-state index contributed by atoms with van der Waals surface area (Å²) in [5.41, 5.74) is 2.07. The average molecular weight is 412 g/mol. The van der Waals surface area contributed by atoms with Crippen LogP contribution in [0.2, 0.25) is 0 Å². The number of hydrogen-bond acceptors (Lipinski definition) is 5. The van der Waals surface area contributed by atoms with Crippen molar-refractivity contribution in [2.75, 3.05) is 26.8 Å². The molecule has 0 atom stereocenters. The second-order valence-corrected chi connectivity index (χ2v) is 7.38. The molecule has 1 amide bonds. The van der Waals surface area contributed by atoms with E-state index in [1.165, 1.54) is 0 Å². The molecule has 1 aliphatic heterocycles. The number of rotatable bonds is 4. The second-order valence-electron chi connectivity index (χ2n) is 7.38. The summed E-state index contributed by atoms with van der Waals surface area (Å²) in [4.78, 5) is 25.9. The third-order valence-corrected chi connectivity index (χ3v) is 5.02. The van der Waals surface area contributed by atoms with Gasteiger partial charge in [0, 0.05) is 25.2 Å². The van der Waals surface area contributed by atoms with Gasteiger partial charge in [-0.2, -0.15) is 0 Å².